The van der Waals surface area contributed by atoms with E-state index >= 15 is 0 Å². The topological polar surface area (TPSA) is 123 Å². The SMILES string of the molecule is CC[C@H]1COc2ccccc2CN1Cc1cccc(-c2cccc(-n3ncc(C(=O)O)c3[C@@H]3CC3/C(N)=C/N(C)N)c2)c1. The van der Waals surface area contributed by atoms with Crippen molar-refractivity contribution >= 4 is 5.97 Å². The molecular weight excluding hydrogens is 540 g/mol. The molecule has 1 fully saturated rings. The van der Waals surface area contributed by atoms with Gasteiger partial charge in [0.1, 0.15) is 17.9 Å². The van der Waals surface area contributed by atoms with Gasteiger partial charge in [0, 0.05) is 55.5 Å². The Kier molecular flexibility index (Phi) is 7.92. The van der Waals surface area contributed by atoms with Gasteiger partial charge in [0.25, 0.3) is 0 Å². The third-order valence-electron chi connectivity index (χ3n) is 8.46. The second-order valence-electron chi connectivity index (χ2n) is 11.5. The van der Waals surface area contributed by atoms with Gasteiger partial charge in [-0.15, -0.1) is 0 Å². The molecule has 1 aliphatic heterocycles. The van der Waals surface area contributed by atoms with Crippen LogP contribution in [0.15, 0.2) is 90.9 Å². The monoisotopic (exact) mass is 578 g/mol. The van der Waals surface area contributed by atoms with Crippen LogP contribution in [0.25, 0.3) is 16.8 Å². The summed E-state index contributed by atoms with van der Waals surface area (Å²) in [7, 11) is 1.71. The molecule has 3 aromatic carbocycles. The first kappa shape index (κ1) is 28.5. The quantitative estimate of drug-likeness (QED) is 0.185. The number of carboxylic acids is 1. The van der Waals surface area contributed by atoms with Crippen molar-refractivity contribution < 1.29 is 14.6 Å². The zero-order valence-electron chi connectivity index (χ0n) is 24.6. The van der Waals surface area contributed by atoms with Crippen molar-refractivity contribution in [3.63, 3.8) is 0 Å². The molecule has 1 aromatic heterocycles. The number of benzene rings is 3. The summed E-state index contributed by atoms with van der Waals surface area (Å²) in [4.78, 5) is 14.6. The number of allylic oxidation sites excluding steroid dienone is 1. The standard InChI is InChI=1S/C34H38N6O3/c1-3-26-21-43-32-13-5-4-9-25(32)19-39(26)18-22-8-6-10-23(14-22)24-11-7-12-27(15-24)40-33(30(17-37-40)34(41)42)29-16-28(29)31(35)20-38(2)36/h4-15,17,20,26,28-29H,3,16,18-19,21,35-36H2,1-2H3,(H,41,42)/b31-20-/t26-,28?,29+/m0/s1. The molecule has 9 heteroatoms. The second kappa shape index (κ2) is 11.9. The van der Waals surface area contributed by atoms with Crippen molar-refractivity contribution in [2.45, 2.75) is 44.8 Å². The lowest BCUT2D eigenvalue weighted by atomic mass is 10.0. The maximum Gasteiger partial charge on any atom is 0.339 e. The Morgan fingerprint density at radius 2 is 1.88 bits per heavy atom. The van der Waals surface area contributed by atoms with Gasteiger partial charge in [0.05, 0.1) is 17.6 Å². The number of carbonyl (C=O) groups is 1. The fourth-order valence-corrected chi connectivity index (χ4v) is 6.16. The number of fused-ring (bicyclic) bond motifs is 1. The van der Waals surface area contributed by atoms with Crippen molar-refractivity contribution in [1.82, 2.24) is 19.7 Å². The molecule has 0 spiro atoms. The van der Waals surface area contributed by atoms with Gasteiger partial charge >= 0.3 is 5.97 Å². The van der Waals surface area contributed by atoms with E-state index in [1.165, 1.54) is 22.3 Å². The largest absolute Gasteiger partial charge is 0.492 e. The number of hydrazine groups is 1. The summed E-state index contributed by atoms with van der Waals surface area (Å²) in [6, 6.07) is 25.3. The minimum absolute atomic E-state index is 0.0164. The highest BCUT2D eigenvalue weighted by molar-refractivity contribution is 5.89. The number of para-hydroxylation sites is 1. The van der Waals surface area contributed by atoms with Crippen LogP contribution in [0, 0.1) is 5.92 Å². The first-order chi connectivity index (χ1) is 20.8. The van der Waals surface area contributed by atoms with Crippen LogP contribution in [-0.2, 0) is 13.1 Å². The first-order valence-electron chi connectivity index (χ1n) is 14.7. The number of nitrogens with zero attached hydrogens (tertiary/aromatic N) is 4. The summed E-state index contributed by atoms with van der Waals surface area (Å²) in [6.07, 6.45) is 4.86. The summed E-state index contributed by atoms with van der Waals surface area (Å²) in [5, 5.41) is 15.9. The fraction of sp³-hybridized carbons (Fsp3) is 0.294. The summed E-state index contributed by atoms with van der Waals surface area (Å²) in [6.45, 7) is 4.53. The lowest BCUT2D eigenvalue weighted by molar-refractivity contribution is 0.0695. The molecule has 2 aliphatic rings. The van der Waals surface area contributed by atoms with E-state index < -0.39 is 5.97 Å². The van der Waals surface area contributed by atoms with Gasteiger partial charge < -0.3 is 20.6 Å². The highest BCUT2D eigenvalue weighted by Gasteiger charge is 2.45. The summed E-state index contributed by atoms with van der Waals surface area (Å²) >= 11 is 0. The Labute approximate surface area is 251 Å². The molecule has 1 saturated carbocycles. The molecule has 222 valence electrons. The molecule has 2 heterocycles. The zero-order valence-corrected chi connectivity index (χ0v) is 24.6. The lowest BCUT2D eigenvalue weighted by Gasteiger charge is -2.28. The van der Waals surface area contributed by atoms with Crippen molar-refractivity contribution in [1.29, 1.82) is 0 Å². The van der Waals surface area contributed by atoms with Gasteiger partial charge in [0.2, 0.25) is 0 Å². The van der Waals surface area contributed by atoms with Gasteiger partial charge in [-0.2, -0.15) is 5.10 Å². The van der Waals surface area contributed by atoms with Crippen molar-refractivity contribution in [3.05, 3.63) is 113 Å². The highest BCUT2D eigenvalue weighted by atomic mass is 16.5. The molecule has 6 rings (SSSR count). The Morgan fingerprint density at radius 1 is 1.12 bits per heavy atom. The molecule has 0 radical (unpaired) electrons. The van der Waals surface area contributed by atoms with Crippen molar-refractivity contribution in [2.24, 2.45) is 17.5 Å². The molecule has 0 saturated heterocycles. The first-order valence-corrected chi connectivity index (χ1v) is 14.7. The third-order valence-corrected chi connectivity index (χ3v) is 8.46. The number of carboxylic acid groups (broad SMARTS) is 1. The lowest BCUT2D eigenvalue weighted by Crippen LogP contribution is -2.36. The Morgan fingerprint density at radius 3 is 2.65 bits per heavy atom. The molecule has 0 amide bonds. The van der Waals surface area contributed by atoms with Crippen LogP contribution in [0.2, 0.25) is 0 Å². The Hall–Kier alpha value is -4.60. The Bertz CT molecular complexity index is 1660. The van der Waals surface area contributed by atoms with E-state index in [-0.39, 0.29) is 17.4 Å². The van der Waals surface area contributed by atoms with Gasteiger partial charge in [0.15, 0.2) is 0 Å². The Balaban J connectivity index is 1.28. The average molecular weight is 579 g/mol. The summed E-state index contributed by atoms with van der Waals surface area (Å²) in [5.41, 5.74) is 13.1. The third kappa shape index (κ3) is 6.00. The molecule has 43 heavy (non-hydrogen) atoms. The van der Waals surface area contributed by atoms with E-state index in [2.05, 4.69) is 71.5 Å². The molecular formula is C34H38N6O3. The van der Waals surface area contributed by atoms with Crippen LogP contribution in [-0.4, -0.2) is 50.5 Å². The highest BCUT2D eigenvalue weighted by Crippen LogP contribution is 2.51. The molecule has 5 N–H and O–H groups in total. The molecule has 4 aromatic rings. The van der Waals surface area contributed by atoms with Crippen LogP contribution < -0.4 is 16.3 Å². The zero-order chi connectivity index (χ0) is 30.1. The number of hydrogen-bond acceptors (Lipinski definition) is 7. The smallest absolute Gasteiger partial charge is 0.339 e. The number of nitrogens with two attached hydrogens (primary N) is 2. The van der Waals surface area contributed by atoms with Gasteiger partial charge in [-0.05, 0) is 53.8 Å². The predicted molar refractivity (Wildman–Crippen MR) is 166 cm³/mol. The van der Waals surface area contributed by atoms with Crippen LogP contribution in [0.4, 0.5) is 0 Å². The molecule has 0 bridgehead atoms. The number of hydrogen-bond donors (Lipinski definition) is 3. The summed E-state index contributed by atoms with van der Waals surface area (Å²) in [5.74, 6) is 5.69. The number of rotatable bonds is 9. The predicted octanol–water partition coefficient (Wildman–Crippen LogP) is 5.12. The van der Waals surface area contributed by atoms with E-state index in [0.717, 1.165) is 48.5 Å². The minimum atomic E-state index is -0.999. The molecule has 3 atom stereocenters. The minimum Gasteiger partial charge on any atom is -0.492 e. The molecule has 9 nitrogen and oxygen atoms in total. The number of aromatic nitrogens is 2. The molecule has 1 unspecified atom stereocenters. The fourth-order valence-electron chi connectivity index (χ4n) is 6.16. The van der Waals surface area contributed by atoms with Gasteiger partial charge in [-0.1, -0.05) is 55.5 Å². The van der Waals surface area contributed by atoms with E-state index in [1.54, 1.807) is 17.9 Å². The van der Waals surface area contributed by atoms with Gasteiger partial charge in [-0.25, -0.2) is 15.3 Å². The normalized spacial score (nSPS) is 20.2. The maximum absolute atomic E-state index is 12.1. The number of ether oxygens (including phenoxy) is 1. The second-order valence-corrected chi connectivity index (χ2v) is 11.5. The van der Waals surface area contributed by atoms with E-state index in [0.29, 0.717) is 24.0 Å². The van der Waals surface area contributed by atoms with Gasteiger partial charge in [-0.3, -0.25) is 4.90 Å². The van der Waals surface area contributed by atoms with Crippen LogP contribution in [0.1, 0.15) is 52.9 Å². The van der Waals surface area contributed by atoms with E-state index in [9.17, 15) is 9.90 Å². The summed E-state index contributed by atoms with van der Waals surface area (Å²) < 4.78 is 7.90. The van der Waals surface area contributed by atoms with Crippen LogP contribution in [0.5, 0.6) is 5.75 Å². The van der Waals surface area contributed by atoms with E-state index in [1.807, 2.05) is 18.2 Å². The molecule has 1 aliphatic carbocycles. The van der Waals surface area contributed by atoms with Crippen molar-refractivity contribution in [2.75, 3.05) is 13.7 Å². The maximum atomic E-state index is 12.1. The van der Waals surface area contributed by atoms with Crippen LogP contribution >= 0.6 is 0 Å². The van der Waals surface area contributed by atoms with Crippen molar-refractivity contribution in [3.8, 4) is 22.6 Å². The van der Waals surface area contributed by atoms with Crippen LogP contribution in [0.3, 0.4) is 0 Å². The van der Waals surface area contributed by atoms with E-state index in [4.69, 9.17) is 16.3 Å². The number of aromatic carboxylic acids is 1. The average Bonchev–Trinajstić information content (AvgIpc) is 3.71.